The van der Waals surface area contributed by atoms with Gasteiger partial charge in [0, 0.05) is 17.2 Å². The van der Waals surface area contributed by atoms with E-state index in [0.717, 1.165) is 41.7 Å². The van der Waals surface area contributed by atoms with Crippen molar-refractivity contribution in [3.8, 4) is 0 Å². The Kier molecular flexibility index (Phi) is 4.78. The lowest BCUT2D eigenvalue weighted by Crippen LogP contribution is -2.25. The van der Waals surface area contributed by atoms with E-state index < -0.39 is 11.6 Å². The smallest absolute Gasteiger partial charge is 0.131 e. The SMILES string of the molecule is CCCNC(c1ccc(F)cc1F)c1c(C)oc(C)c1C. The summed E-state index contributed by atoms with van der Waals surface area (Å²) in [6, 6.07) is 3.38. The predicted molar refractivity (Wildman–Crippen MR) is 79.4 cm³/mol. The van der Waals surface area contributed by atoms with Crippen molar-refractivity contribution in [3.05, 3.63) is 58.0 Å². The van der Waals surface area contributed by atoms with Crippen molar-refractivity contribution in [2.24, 2.45) is 0 Å². The Morgan fingerprint density at radius 3 is 2.38 bits per heavy atom. The molecule has 4 heteroatoms. The monoisotopic (exact) mass is 293 g/mol. The van der Waals surface area contributed by atoms with Crippen molar-refractivity contribution >= 4 is 0 Å². The molecule has 0 bridgehead atoms. The van der Waals surface area contributed by atoms with E-state index in [2.05, 4.69) is 5.32 Å². The molecule has 0 saturated heterocycles. The van der Waals surface area contributed by atoms with Crippen LogP contribution in [0.3, 0.4) is 0 Å². The molecule has 0 saturated carbocycles. The third-order valence-electron chi connectivity index (χ3n) is 3.78. The second-order valence-electron chi connectivity index (χ2n) is 5.31. The summed E-state index contributed by atoms with van der Waals surface area (Å²) in [6.07, 6.45) is 0.925. The minimum absolute atomic E-state index is 0.331. The van der Waals surface area contributed by atoms with E-state index in [0.29, 0.717) is 5.56 Å². The molecule has 0 fully saturated rings. The molecule has 2 aromatic rings. The van der Waals surface area contributed by atoms with Crippen LogP contribution in [0.4, 0.5) is 8.78 Å². The zero-order valence-electron chi connectivity index (χ0n) is 12.9. The first-order valence-electron chi connectivity index (χ1n) is 7.20. The van der Waals surface area contributed by atoms with Gasteiger partial charge >= 0.3 is 0 Å². The number of furan rings is 1. The molecular formula is C17H21F2NO. The summed E-state index contributed by atoms with van der Waals surface area (Å²) in [5.74, 6) is 0.485. The van der Waals surface area contributed by atoms with Gasteiger partial charge in [0.05, 0.1) is 6.04 Å². The molecule has 21 heavy (non-hydrogen) atoms. The van der Waals surface area contributed by atoms with Gasteiger partial charge in [-0.1, -0.05) is 13.0 Å². The van der Waals surface area contributed by atoms with Crippen LogP contribution >= 0.6 is 0 Å². The molecule has 0 aliphatic heterocycles. The molecule has 1 unspecified atom stereocenters. The Bertz CT molecular complexity index is 634. The van der Waals surface area contributed by atoms with Gasteiger partial charge in [-0.2, -0.15) is 0 Å². The number of nitrogens with one attached hydrogen (secondary N) is 1. The van der Waals surface area contributed by atoms with Crippen LogP contribution in [0.5, 0.6) is 0 Å². The van der Waals surface area contributed by atoms with Gasteiger partial charge in [-0.05, 0) is 45.4 Å². The second kappa shape index (κ2) is 6.39. The van der Waals surface area contributed by atoms with Gasteiger partial charge in [0.15, 0.2) is 0 Å². The van der Waals surface area contributed by atoms with Crippen LogP contribution in [0, 0.1) is 32.4 Å². The first-order chi connectivity index (χ1) is 9.95. The molecule has 0 spiro atoms. The van der Waals surface area contributed by atoms with Gasteiger partial charge in [0.25, 0.3) is 0 Å². The average Bonchev–Trinajstić information content (AvgIpc) is 2.67. The normalized spacial score (nSPS) is 12.7. The molecule has 1 atom stereocenters. The van der Waals surface area contributed by atoms with Crippen molar-refractivity contribution in [3.63, 3.8) is 0 Å². The van der Waals surface area contributed by atoms with Gasteiger partial charge in [0.2, 0.25) is 0 Å². The summed E-state index contributed by atoms with van der Waals surface area (Å²) < 4.78 is 33.0. The van der Waals surface area contributed by atoms with Gasteiger partial charge in [0.1, 0.15) is 23.2 Å². The zero-order valence-corrected chi connectivity index (χ0v) is 12.9. The van der Waals surface area contributed by atoms with Crippen molar-refractivity contribution in [2.45, 2.75) is 40.2 Å². The molecular weight excluding hydrogens is 272 g/mol. The van der Waals surface area contributed by atoms with Crippen LogP contribution in [0.2, 0.25) is 0 Å². The quantitative estimate of drug-likeness (QED) is 0.873. The lowest BCUT2D eigenvalue weighted by atomic mass is 9.94. The topological polar surface area (TPSA) is 25.2 Å². The third-order valence-corrected chi connectivity index (χ3v) is 3.78. The van der Waals surface area contributed by atoms with Crippen LogP contribution in [0.15, 0.2) is 22.6 Å². The molecule has 1 aromatic carbocycles. The first-order valence-corrected chi connectivity index (χ1v) is 7.20. The fourth-order valence-electron chi connectivity index (χ4n) is 2.63. The van der Waals surface area contributed by atoms with E-state index >= 15 is 0 Å². The molecule has 2 rings (SSSR count). The largest absolute Gasteiger partial charge is 0.466 e. The van der Waals surface area contributed by atoms with Gasteiger partial charge in [-0.25, -0.2) is 8.78 Å². The molecule has 1 aromatic heterocycles. The van der Waals surface area contributed by atoms with E-state index in [9.17, 15) is 8.78 Å². The summed E-state index contributed by atoms with van der Waals surface area (Å²) >= 11 is 0. The Balaban J connectivity index is 2.52. The fourth-order valence-corrected chi connectivity index (χ4v) is 2.63. The molecule has 0 radical (unpaired) electrons. The number of aryl methyl sites for hydroxylation is 2. The van der Waals surface area contributed by atoms with Crippen molar-refractivity contribution < 1.29 is 13.2 Å². The minimum Gasteiger partial charge on any atom is -0.466 e. The summed E-state index contributed by atoms with van der Waals surface area (Å²) in [7, 11) is 0. The van der Waals surface area contributed by atoms with Crippen LogP contribution < -0.4 is 5.32 Å². The predicted octanol–water partition coefficient (Wildman–Crippen LogP) is 4.57. The van der Waals surface area contributed by atoms with Crippen molar-refractivity contribution in [1.29, 1.82) is 0 Å². The highest BCUT2D eigenvalue weighted by Gasteiger charge is 2.24. The van der Waals surface area contributed by atoms with Crippen LogP contribution in [-0.4, -0.2) is 6.54 Å². The highest BCUT2D eigenvalue weighted by Crippen LogP contribution is 2.32. The van der Waals surface area contributed by atoms with E-state index in [-0.39, 0.29) is 6.04 Å². The molecule has 2 nitrogen and oxygen atoms in total. The number of rotatable bonds is 5. The highest BCUT2D eigenvalue weighted by atomic mass is 19.1. The van der Waals surface area contributed by atoms with E-state index in [1.807, 2.05) is 27.7 Å². The standard InChI is InChI=1S/C17H21F2NO/c1-5-8-20-17(14-7-6-13(18)9-15(14)19)16-10(2)11(3)21-12(16)4/h6-7,9,17,20H,5,8H2,1-4H3. The Morgan fingerprint density at radius 2 is 1.86 bits per heavy atom. The number of halogens is 2. The summed E-state index contributed by atoms with van der Waals surface area (Å²) in [5.41, 5.74) is 2.38. The van der Waals surface area contributed by atoms with Crippen molar-refractivity contribution in [2.75, 3.05) is 6.54 Å². The average molecular weight is 293 g/mol. The molecule has 1 N–H and O–H groups in total. The van der Waals surface area contributed by atoms with Crippen LogP contribution in [0.1, 0.15) is 47.6 Å². The Hall–Kier alpha value is -1.68. The molecule has 0 amide bonds. The van der Waals surface area contributed by atoms with Crippen molar-refractivity contribution in [1.82, 2.24) is 5.32 Å². The number of hydrogen-bond donors (Lipinski definition) is 1. The molecule has 114 valence electrons. The molecule has 0 aliphatic carbocycles. The van der Waals surface area contributed by atoms with Gasteiger partial charge in [-0.15, -0.1) is 0 Å². The highest BCUT2D eigenvalue weighted by molar-refractivity contribution is 5.41. The van der Waals surface area contributed by atoms with E-state index in [1.165, 1.54) is 12.1 Å². The summed E-state index contributed by atoms with van der Waals surface area (Å²) in [4.78, 5) is 0. The summed E-state index contributed by atoms with van der Waals surface area (Å²) in [6.45, 7) is 8.51. The maximum atomic E-state index is 14.2. The first kappa shape index (κ1) is 15.7. The molecule has 0 aliphatic rings. The third kappa shape index (κ3) is 3.16. The lowest BCUT2D eigenvalue weighted by Gasteiger charge is -2.20. The molecule has 1 heterocycles. The maximum absolute atomic E-state index is 14.2. The Morgan fingerprint density at radius 1 is 1.14 bits per heavy atom. The number of hydrogen-bond acceptors (Lipinski definition) is 2. The van der Waals surface area contributed by atoms with E-state index in [1.54, 1.807) is 0 Å². The van der Waals surface area contributed by atoms with E-state index in [4.69, 9.17) is 4.42 Å². The van der Waals surface area contributed by atoms with Gasteiger partial charge in [-0.3, -0.25) is 0 Å². The second-order valence-corrected chi connectivity index (χ2v) is 5.31. The zero-order chi connectivity index (χ0) is 15.6. The lowest BCUT2D eigenvalue weighted by molar-refractivity contribution is 0.488. The van der Waals surface area contributed by atoms with Gasteiger partial charge < -0.3 is 9.73 Å². The Labute approximate surface area is 124 Å². The number of benzene rings is 1. The van der Waals surface area contributed by atoms with Crippen LogP contribution in [0.25, 0.3) is 0 Å². The minimum atomic E-state index is -0.567. The summed E-state index contributed by atoms with van der Waals surface area (Å²) in [5, 5.41) is 3.33. The fraction of sp³-hybridized carbons (Fsp3) is 0.412. The maximum Gasteiger partial charge on any atom is 0.131 e. The van der Waals surface area contributed by atoms with Crippen LogP contribution in [-0.2, 0) is 0 Å².